The van der Waals surface area contributed by atoms with Gasteiger partial charge in [-0.1, -0.05) is 25.1 Å². The summed E-state index contributed by atoms with van der Waals surface area (Å²) in [5, 5.41) is 5.81. The first-order valence-corrected chi connectivity index (χ1v) is 9.28. The Kier molecular flexibility index (Phi) is 5.31. The van der Waals surface area contributed by atoms with Gasteiger partial charge in [-0.2, -0.15) is 5.10 Å². The molecule has 0 aliphatic carbocycles. The van der Waals surface area contributed by atoms with Crippen molar-refractivity contribution in [1.82, 2.24) is 25.6 Å². The van der Waals surface area contributed by atoms with Crippen molar-refractivity contribution in [3.05, 3.63) is 55.9 Å². The number of nitrogens with one attached hydrogen (secondary N) is 2. The molecule has 0 aliphatic heterocycles. The molecule has 1 aromatic carbocycles. The third kappa shape index (κ3) is 3.72. The molecule has 0 radical (unpaired) electrons. The lowest BCUT2D eigenvalue weighted by Gasteiger charge is -2.11. The number of aromatic nitrogens is 3. The highest BCUT2D eigenvalue weighted by Crippen LogP contribution is 2.17. The van der Waals surface area contributed by atoms with Gasteiger partial charge in [0.1, 0.15) is 4.88 Å². The van der Waals surface area contributed by atoms with Crippen LogP contribution in [-0.2, 0) is 6.54 Å². The van der Waals surface area contributed by atoms with E-state index in [2.05, 4.69) is 20.9 Å². The Bertz CT molecular complexity index is 1090. The first kappa shape index (κ1) is 18.7. The summed E-state index contributed by atoms with van der Waals surface area (Å²) in [6.07, 6.45) is 0.701. The van der Waals surface area contributed by atoms with E-state index in [0.717, 1.165) is 5.01 Å². The molecule has 2 amide bonds. The molecule has 0 aliphatic rings. The molecule has 2 aromatic heterocycles. The number of amides is 2. The molecule has 0 saturated heterocycles. The van der Waals surface area contributed by atoms with Gasteiger partial charge in [0.2, 0.25) is 0 Å². The highest BCUT2D eigenvalue weighted by atomic mass is 32.1. The Morgan fingerprint density at radius 3 is 2.41 bits per heavy atom. The van der Waals surface area contributed by atoms with Gasteiger partial charge in [0.05, 0.1) is 16.1 Å². The second kappa shape index (κ2) is 7.67. The van der Waals surface area contributed by atoms with Crippen LogP contribution in [0.25, 0.3) is 10.8 Å². The van der Waals surface area contributed by atoms with Crippen LogP contribution < -0.4 is 16.4 Å². The normalized spacial score (nSPS) is 10.8. The van der Waals surface area contributed by atoms with Gasteiger partial charge in [0.25, 0.3) is 17.4 Å². The average molecular weight is 385 g/mol. The van der Waals surface area contributed by atoms with Crippen LogP contribution in [0.4, 0.5) is 0 Å². The zero-order valence-electron chi connectivity index (χ0n) is 15.2. The third-order valence-corrected chi connectivity index (χ3v) is 4.99. The molecule has 3 rings (SSSR count). The summed E-state index contributed by atoms with van der Waals surface area (Å²) in [7, 11) is 0. The summed E-state index contributed by atoms with van der Waals surface area (Å²) in [5.41, 5.74) is 5.20. The Balaban J connectivity index is 1.89. The predicted octanol–water partition coefficient (Wildman–Crippen LogP) is 1.95. The van der Waals surface area contributed by atoms with E-state index in [-0.39, 0.29) is 11.3 Å². The summed E-state index contributed by atoms with van der Waals surface area (Å²) < 4.78 is 1.27. The fourth-order valence-corrected chi connectivity index (χ4v) is 3.55. The fraction of sp³-hybridized carbons (Fsp3) is 0.278. The smallest absolute Gasteiger partial charge is 0.267 e. The van der Waals surface area contributed by atoms with E-state index in [4.69, 9.17) is 0 Å². The molecular weight excluding hydrogens is 366 g/mol. The Morgan fingerprint density at radius 2 is 1.78 bits per heavy atom. The van der Waals surface area contributed by atoms with E-state index in [1.165, 1.54) is 16.0 Å². The van der Waals surface area contributed by atoms with Crippen molar-refractivity contribution in [2.24, 2.45) is 0 Å². The molecule has 0 bridgehead atoms. The predicted molar refractivity (Wildman–Crippen MR) is 103 cm³/mol. The molecule has 8 nitrogen and oxygen atoms in total. The van der Waals surface area contributed by atoms with Crippen LogP contribution in [0.15, 0.2) is 29.1 Å². The number of rotatable bonds is 4. The van der Waals surface area contributed by atoms with Crippen molar-refractivity contribution in [1.29, 1.82) is 0 Å². The van der Waals surface area contributed by atoms with Crippen LogP contribution in [-0.4, -0.2) is 26.6 Å². The highest BCUT2D eigenvalue weighted by Gasteiger charge is 2.19. The van der Waals surface area contributed by atoms with Crippen molar-refractivity contribution >= 4 is 33.9 Å². The zero-order valence-corrected chi connectivity index (χ0v) is 16.0. The molecule has 0 saturated carbocycles. The van der Waals surface area contributed by atoms with Gasteiger partial charge < -0.3 is 0 Å². The lowest BCUT2D eigenvalue weighted by atomic mass is 10.1. The van der Waals surface area contributed by atoms with E-state index in [1.807, 2.05) is 6.92 Å². The molecule has 3 aromatic rings. The maximum Gasteiger partial charge on any atom is 0.290 e. The van der Waals surface area contributed by atoms with Gasteiger partial charge in [0, 0.05) is 11.9 Å². The van der Waals surface area contributed by atoms with E-state index < -0.39 is 11.8 Å². The summed E-state index contributed by atoms with van der Waals surface area (Å²) >= 11 is 1.25. The monoisotopic (exact) mass is 385 g/mol. The minimum atomic E-state index is -0.594. The molecular formula is C18H19N5O3S. The first-order valence-electron chi connectivity index (χ1n) is 8.47. The summed E-state index contributed by atoms with van der Waals surface area (Å²) in [4.78, 5) is 42.0. The average Bonchev–Trinajstić information content (AvgIpc) is 3.00. The second-order valence-electron chi connectivity index (χ2n) is 5.98. The Hall–Kier alpha value is -3.07. The van der Waals surface area contributed by atoms with Crippen molar-refractivity contribution in [2.45, 2.75) is 33.7 Å². The number of aryl methyl sites for hydroxylation is 3. The topological polar surface area (TPSA) is 106 Å². The minimum Gasteiger partial charge on any atom is -0.267 e. The molecule has 140 valence electrons. The first-order chi connectivity index (χ1) is 12.9. The van der Waals surface area contributed by atoms with Gasteiger partial charge in [-0.25, -0.2) is 9.67 Å². The zero-order chi connectivity index (χ0) is 19.6. The van der Waals surface area contributed by atoms with E-state index in [1.54, 1.807) is 38.1 Å². The number of carbonyl (C=O) groups excluding carboxylic acids is 2. The van der Waals surface area contributed by atoms with E-state index in [0.29, 0.717) is 34.3 Å². The molecule has 0 spiro atoms. The Labute approximate surface area is 159 Å². The summed E-state index contributed by atoms with van der Waals surface area (Å²) in [5.74, 6) is -1.04. The molecule has 0 unspecified atom stereocenters. The van der Waals surface area contributed by atoms with E-state index >= 15 is 0 Å². The van der Waals surface area contributed by atoms with Crippen LogP contribution >= 0.6 is 11.3 Å². The third-order valence-electron chi connectivity index (χ3n) is 3.92. The van der Waals surface area contributed by atoms with Gasteiger partial charge in [-0.05, 0) is 26.3 Å². The maximum atomic E-state index is 12.6. The van der Waals surface area contributed by atoms with Crippen molar-refractivity contribution in [3.8, 4) is 0 Å². The number of nitrogens with zero attached hydrogens (tertiary/aromatic N) is 3. The number of hydrogen-bond donors (Lipinski definition) is 2. The molecule has 9 heteroatoms. The number of hydrogen-bond acceptors (Lipinski definition) is 6. The van der Waals surface area contributed by atoms with Gasteiger partial charge in [0.15, 0.2) is 5.69 Å². The molecule has 2 N–H and O–H groups in total. The number of benzene rings is 1. The fourth-order valence-electron chi connectivity index (χ4n) is 2.74. The molecule has 0 atom stereocenters. The van der Waals surface area contributed by atoms with Gasteiger partial charge in [-0.3, -0.25) is 25.2 Å². The van der Waals surface area contributed by atoms with E-state index in [9.17, 15) is 14.4 Å². The SMILES string of the molecule is CCCn1nc(C(=O)NNC(=O)c2sc(C)nc2C)c2ccccc2c1=O. The van der Waals surface area contributed by atoms with Crippen molar-refractivity contribution in [2.75, 3.05) is 0 Å². The molecule has 2 heterocycles. The Morgan fingerprint density at radius 1 is 1.11 bits per heavy atom. The van der Waals surface area contributed by atoms with Gasteiger partial charge in [-0.15, -0.1) is 11.3 Å². The van der Waals surface area contributed by atoms with Crippen LogP contribution in [0.3, 0.4) is 0 Å². The second-order valence-corrected chi connectivity index (χ2v) is 7.18. The van der Waals surface area contributed by atoms with Crippen molar-refractivity contribution < 1.29 is 9.59 Å². The highest BCUT2D eigenvalue weighted by molar-refractivity contribution is 7.13. The quantitative estimate of drug-likeness (QED) is 0.668. The van der Waals surface area contributed by atoms with Crippen LogP contribution in [0, 0.1) is 13.8 Å². The van der Waals surface area contributed by atoms with Crippen LogP contribution in [0.1, 0.15) is 44.2 Å². The van der Waals surface area contributed by atoms with Gasteiger partial charge >= 0.3 is 0 Å². The number of carbonyl (C=O) groups is 2. The number of hydrazine groups is 1. The summed E-state index contributed by atoms with van der Waals surface area (Å²) in [6.45, 7) is 5.86. The molecule has 0 fully saturated rings. The van der Waals surface area contributed by atoms with Crippen LogP contribution in [0.5, 0.6) is 0 Å². The lowest BCUT2D eigenvalue weighted by molar-refractivity contribution is 0.0845. The largest absolute Gasteiger partial charge is 0.290 e. The van der Waals surface area contributed by atoms with Crippen molar-refractivity contribution in [3.63, 3.8) is 0 Å². The maximum absolute atomic E-state index is 12.6. The number of thiazole rings is 1. The lowest BCUT2D eigenvalue weighted by Crippen LogP contribution is -2.42. The number of fused-ring (bicyclic) bond motifs is 1. The molecule has 27 heavy (non-hydrogen) atoms. The van der Waals surface area contributed by atoms with Crippen LogP contribution in [0.2, 0.25) is 0 Å². The standard InChI is InChI=1S/C18H19N5O3S/c1-4-9-23-18(26)13-8-6-5-7-12(13)14(22-23)16(24)20-21-17(25)15-10(2)19-11(3)27-15/h5-8H,4,9H2,1-3H3,(H,20,24)(H,21,25). The minimum absolute atomic E-state index is 0.0798. The summed E-state index contributed by atoms with van der Waals surface area (Å²) in [6, 6.07) is 6.78.